The molecule has 2 rings (SSSR count). The standard InChI is InChI=1S/C16H17ClN2O/c17-13-8-9-14(16(18)19)15(11-13)20-10-4-7-12-5-2-1-3-6-12/h1-3,5-6,8-9,11H,4,7,10H2,(H3,18,19). The third-order valence-electron chi connectivity index (χ3n) is 2.94. The van der Waals surface area contributed by atoms with Crippen LogP contribution in [-0.2, 0) is 6.42 Å². The molecule has 0 fully saturated rings. The van der Waals surface area contributed by atoms with Gasteiger partial charge in [0, 0.05) is 5.02 Å². The average Bonchev–Trinajstić information content (AvgIpc) is 2.44. The van der Waals surface area contributed by atoms with E-state index >= 15 is 0 Å². The molecule has 20 heavy (non-hydrogen) atoms. The molecule has 0 atom stereocenters. The monoisotopic (exact) mass is 288 g/mol. The lowest BCUT2D eigenvalue weighted by atomic mass is 10.1. The van der Waals surface area contributed by atoms with Gasteiger partial charge in [0.2, 0.25) is 0 Å². The van der Waals surface area contributed by atoms with Gasteiger partial charge < -0.3 is 10.5 Å². The number of benzene rings is 2. The summed E-state index contributed by atoms with van der Waals surface area (Å²) in [6, 6.07) is 15.4. The number of rotatable bonds is 6. The van der Waals surface area contributed by atoms with E-state index in [1.165, 1.54) is 5.56 Å². The summed E-state index contributed by atoms with van der Waals surface area (Å²) in [4.78, 5) is 0. The molecule has 0 heterocycles. The van der Waals surface area contributed by atoms with Crippen LogP contribution in [0.1, 0.15) is 17.5 Å². The number of hydrogen-bond donors (Lipinski definition) is 2. The van der Waals surface area contributed by atoms with Crippen LogP contribution in [-0.4, -0.2) is 12.4 Å². The maximum absolute atomic E-state index is 7.52. The topological polar surface area (TPSA) is 59.1 Å². The smallest absolute Gasteiger partial charge is 0.131 e. The Labute approximate surface area is 123 Å². The highest BCUT2D eigenvalue weighted by atomic mass is 35.5. The normalized spacial score (nSPS) is 10.2. The van der Waals surface area contributed by atoms with Crippen LogP contribution in [0.2, 0.25) is 5.02 Å². The van der Waals surface area contributed by atoms with Crippen molar-refractivity contribution < 1.29 is 4.74 Å². The number of halogens is 1. The Kier molecular flexibility index (Phi) is 5.02. The zero-order valence-electron chi connectivity index (χ0n) is 11.1. The minimum absolute atomic E-state index is 0.0141. The number of amidine groups is 1. The van der Waals surface area contributed by atoms with E-state index in [1.807, 2.05) is 18.2 Å². The van der Waals surface area contributed by atoms with Crippen molar-refractivity contribution in [1.82, 2.24) is 0 Å². The first-order valence-electron chi connectivity index (χ1n) is 6.47. The molecule has 0 aliphatic rings. The van der Waals surface area contributed by atoms with Crippen LogP contribution >= 0.6 is 11.6 Å². The van der Waals surface area contributed by atoms with Gasteiger partial charge in [-0.3, -0.25) is 5.41 Å². The van der Waals surface area contributed by atoms with Crippen LogP contribution in [0.4, 0.5) is 0 Å². The van der Waals surface area contributed by atoms with Gasteiger partial charge in [0.1, 0.15) is 11.6 Å². The molecule has 0 aliphatic heterocycles. The summed E-state index contributed by atoms with van der Waals surface area (Å²) in [6.07, 6.45) is 1.85. The first-order valence-corrected chi connectivity index (χ1v) is 6.85. The zero-order chi connectivity index (χ0) is 14.4. The number of ether oxygens (including phenoxy) is 1. The number of aryl methyl sites for hydroxylation is 1. The molecule has 0 aromatic heterocycles. The maximum atomic E-state index is 7.52. The summed E-state index contributed by atoms with van der Waals surface area (Å²) in [6.45, 7) is 0.565. The van der Waals surface area contributed by atoms with Gasteiger partial charge in [0.25, 0.3) is 0 Å². The number of nitrogen functional groups attached to an aromatic ring is 1. The van der Waals surface area contributed by atoms with E-state index in [1.54, 1.807) is 18.2 Å². The Balaban J connectivity index is 1.91. The second kappa shape index (κ2) is 6.96. The molecule has 0 radical (unpaired) electrons. The van der Waals surface area contributed by atoms with E-state index in [-0.39, 0.29) is 5.84 Å². The molecule has 104 valence electrons. The quantitative estimate of drug-likeness (QED) is 0.484. The van der Waals surface area contributed by atoms with Gasteiger partial charge in [-0.2, -0.15) is 0 Å². The van der Waals surface area contributed by atoms with E-state index in [4.69, 9.17) is 27.5 Å². The first-order chi connectivity index (χ1) is 9.66. The Hall–Kier alpha value is -2.00. The lowest BCUT2D eigenvalue weighted by Crippen LogP contribution is -2.13. The van der Waals surface area contributed by atoms with Crippen molar-refractivity contribution in [3.8, 4) is 5.75 Å². The molecule has 4 heteroatoms. The third kappa shape index (κ3) is 4.00. The summed E-state index contributed by atoms with van der Waals surface area (Å²) < 4.78 is 5.70. The fraction of sp³-hybridized carbons (Fsp3) is 0.188. The lowest BCUT2D eigenvalue weighted by Gasteiger charge is -2.11. The van der Waals surface area contributed by atoms with Crippen LogP contribution in [0.3, 0.4) is 0 Å². The Morgan fingerprint density at radius 3 is 2.60 bits per heavy atom. The number of hydrogen-bond acceptors (Lipinski definition) is 2. The molecular formula is C16H17ClN2O. The van der Waals surface area contributed by atoms with E-state index in [0.717, 1.165) is 12.8 Å². The molecule has 0 saturated carbocycles. The Bertz CT molecular complexity index is 584. The first kappa shape index (κ1) is 14.4. The highest BCUT2D eigenvalue weighted by Gasteiger charge is 2.07. The van der Waals surface area contributed by atoms with Crippen LogP contribution in [0.5, 0.6) is 5.75 Å². The van der Waals surface area contributed by atoms with Crippen molar-refractivity contribution in [3.63, 3.8) is 0 Å². The van der Waals surface area contributed by atoms with Crippen LogP contribution in [0, 0.1) is 5.41 Å². The fourth-order valence-electron chi connectivity index (χ4n) is 1.94. The van der Waals surface area contributed by atoms with Gasteiger partial charge >= 0.3 is 0 Å². The Morgan fingerprint density at radius 2 is 1.90 bits per heavy atom. The highest BCUT2D eigenvalue weighted by Crippen LogP contribution is 2.23. The number of nitrogens with one attached hydrogen (secondary N) is 1. The second-order valence-corrected chi connectivity index (χ2v) is 4.93. The van der Waals surface area contributed by atoms with Crippen molar-refractivity contribution in [2.75, 3.05) is 6.61 Å². The Morgan fingerprint density at radius 1 is 1.15 bits per heavy atom. The third-order valence-corrected chi connectivity index (χ3v) is 3.18. The maximum Gasteiger partial charge on any atom is 0.131 e. The van der Waals surface area contributed by atoms with Gasteiger partial charge in [-0.1, -0.05) is 41.9 Å². The van der Waals surface area contributed by atoms with Crippen molar-refractivity contribution in [1.29, 1.82) is 5.41 Å². The molecule has 3 nitrogen and oxygen atoms in total. The van der Waals surface area contributed by atoms with Crippen LogP contribution in [0.15, 0.2) is 48.5 Å². The van der Waals surface area contributed by atoms with Crippen molar-refractivity contribution in [2.24, 2.45) is 5.73 Å². The van der Waals surface area contributed by atoms with Crippen molar-refractivity contribution >= 4 is 17.4 Å². The van der Waals surface area contributed by atoms with Gasteiger partial charge in [-0.05, 0) is 36.6 Å². The van der Waals surface area contributed by atoms with Crippen molar-refractivity contribution in [2.45, 2.75) is 12.8 Å². The van der Waals surface area contributed by atoms with E-state index in [9.17, 15) is 0 Å². The minimum atomic E-state index is -0.0141. The van der Waals surface area contributed by atoms with Crippen LogP contribution in [0.25, 0.3) is 0 Å². The van der Waals surface area contributed by atoms with Gasteiger partial charge in [-0.15, -0.1) is 0 Å². The molecule has 2 aromatic rings. The van der Waals surface area contributed by atoms with Crippen molar-refractivity contribution in [3.05, 3.63) is 64.7 Å². The summed E-state index contributed by atoms with van der Waals surface area (Å²) in [5.41, 5.74) is 7.38. The molecule has 0 bridgehead atoms. The zero-order valence-corrected chi connectivity index (χ0v) is 11.9. The lowest BCUT2D eigenvalue weighted by molar-refractivity contribution is 0.310. The molecule has 0 saturated heterocycles. The summed E-state index contributed by atoms with van der Waals surface area (Å²) >= 11 is 5.94. The highest BCUT2D eigenvalue weighted by molar-refractivity contribution is 6.30. The predicted molar refractivity (Wildman–Crippen MR) is 82.7 cm³/mol. The van der Waals surface area contributed by atoms with Crippen LogP contribution < -0.4 is 10.5 Å². The second-order valence-electron chi connectivity index (χ2n) is 4.49. The summed E-state index contributed by atoms with van der Waals surface area (Å²) in [5.74, 6) is 0.554. The predicted octanol–water partition coefficient (Wildman–Crippen LogP) is 3.64. The SMILES string of the molecule is N=C(N)c1ccc(Cl)cc1OCCCc1ccccc1. The van der Waals surface area contributed by atoms with Gasteiger partial charge in [0.05, 0.1) is 12.2 Å². The van der Waals surface area contributed by atoms with E-state index in [2.05, 4.69) is 12.1 Å². The fourth-order valence-corrected chi connectivity index (χ4v) is 2.10. The van der Waals surface area contributed by atoms with E-state index in [0.29, 0.717) is 22.9 Å². The summed E-state index contributed by atoms with van der Waals surface area (Å²) in [5, 5.41) is 8.09. The molecule has 0 unspecified atom stereocenters. The molecular weight excluding hydrogens is 272 g/mol. The average molecular weight is 289 g/mol. The number of nitrogens with two attached hydrogens (primary N) is 1. The molecule has 0 aliphatic carbocycles. The minimum Gasteiger partial charge on any atom is -0.493 e. The van der Waals surface area contributed by atoms with Gasteiger partial charge in [0.15, 0.2) is 0 Å². The molecule has 0 amide bonds. The molecule has 3 N–H and O–H groups in total. The summed E-state index contributed by atoms with van der Waals surface area (Å²) in [7, 11) is 0. The van der Waals surface area contributed by atoms with E-state index < -0.39 is 0 Å². The largest absolute Gasteiger partial charge is 0.493 e. The van der Waals surface area contributed by atoms with Gasteiger partial charge in [-0.25, -0.2) is 0 Å². The molecule has 0 spiro atoms. The molecule has 2 aromatic carbocycles.